The van der Waals surface area contributed by atoms with Crippen molar-refractivity contribution in [3.8, 4) is 0 Å². The average Bonchev–Trinajstić information content (AvgIpc) is 2.72. The van der Waals surface area contributed by atoms with Gasteiger partial charge in [-0.2, -0.15) is 4.58 Å². The van der Waals surface area contributed by atoms with Crippen molar-refractivity contribution in [2.24, 2.45) is 0 Å². The largest absolute Gasteiger partial charge is 0.388 e. The molecule has 0 N–H and O–H groups in total. The third-order valence-corrected chi connectivity index (χ3v) is 2.77. The molecule has 88 valence electrons. The monoisotopic (exact) mass is 231 g/mol. The summed E-state index contributed by atoms with van der Waals surface area (Å²) in [4.78, 5) is 24.7. The van der Waals surface area contributed by atoms with E-state index in [0.29, 0.717) is 13.1 Å². The highest BCUT2D eigenvalue weighted by Gasteiger charge is 2.27. The van der Waals surface area contributed by atoms with Crippen LogP contribution in [-0.2, 0) is 9.59 Å². The van der Waals surface area contributed by atoms with E-state index >= 15 is 0 Å². The molecule has 1 aliphatic rings. The molecule has 0 atom stereocenters. The second-order valence-corrected chi connectivity index (χ2v) is 4.01. The van der Waals surface area contributed by atoms with E-state index in [4.69, 9.17) is 0 Å². The van der Waals surface area contributed by atoms with Crippen molar-refractivity contribution >= 4 is 23.7 Å². The molecule has 1 heterocycles. The normalized spacial score (nSPS) is 14.6. The van der Waals surface area contributed by atoms with Gasteiger partial charge in [-0.1, -0.05) is 18.2 Å². The van der Waals surface area contributed by atoms with Crippen LogP contribution in [0, 0.1) is 0 Å². The van der Waals surface area contributed by atoms with Crippen molar-refractivity contribution in [1.82, 2.24) is 0 Å². The number of nitrogens with zero attached hydrogens (tertiary/aromatic N) is 2. The van der Waals surface area contributed by atoms with Crippen LogP contribution in [0.2, 0.25) is 0 Å². The summed E-state index contributed by atoms with van der Waals surface area (Å²) in [5.41, 5.74) is 0.813. The quantitative estimate of drug-likeness (QED) is 0.738. The van der Waals surface area contributed by atoms with E-state index in [-0.39, 0.29) is 11.8 Å². The molecule has 0 saturated heterocycles. The molecule has 4 heteroatoms. The Bertz CT molecular complexity index is 466. The zero-order valence-corrected chi connectivity index (χ0v) is 9.80. The van der Waals surface area contributed by atoms with E-state index in [0.717, 1.165) is 12.1 Å². The average molecular weight is 231 g/mol. The minimum absolute atomic E-state index is 0.0655. The van der Waals surface area contributed by atoms with E-state index in [2.05, 4.69) is 0 Å². The topological polar surface area (TPSA) is 40.4 Å². The van der Waals surface area contributed by atoms with Gasteiger partial charge in [0, 0.05) is 19.0 Å². The molecule has 0 aromatic heterocycles. The Morgan fingerprint density at radius 2 is 2.06 bits per heavy atom. The van der Waals surface area contributed by atoms with Crippen LogP contribution in [0.4, 0.5) is 5.69 Å². The third kappa shape index (κ3) is 2.58. The molecule has 0 spiro atoms. The van der Waals surface area contributed by atoms with Gasteiger partial charge in [0.1, 0.15) is 0 Å². The summed E-state index contributed by atoms with van der Waals surface area (Å²) in [6.07, 6.45) is 3.15. The highest BCUT2D eigenvalue weighted by atomic mass is 16.2. The van der Waals surface area contributed by atoms with Crippen LogP contribution >= 0.6 is 0 Å². The summed E-state index contributed by atoms with van der Waals surface area (Å²) in [6, 6.07) is 9.38. The lowest BCUT2D eigenvalue weighted by Gasteiger charge is -2.17. The molecule has 17 heavy (non-hydrogen) atoms. The molecule has 2 amide bonds. The van der Waals surface area contributed by atoms with Gasteiger partial charge >= 0.3 is 5.91 Å². The fraction of sp³-hybridized carbons (Fsp3) is 0.308. The molecule has 0 fully saturated rings. The molecule has 0 aliphatic carbocycles. The lowest BCUT2D eigenvalue weighted by atomic mass is 10.3. The number of hydrogen-bond donors (Lipinski definition) is 0. The van der Waals surface area contributed by atoms with E-state index in [9.17, 15) is 9.59 Å². The summed E-state index contributed by atoms with van der Waals surface area (Å²) in [6.45, 7) is 1.81. The first kappa shape index (κ1) is 11.5. The first-order chi connectivity index (χ1) is 8.18. The lowest BCUT2D eigenvalue weighted by Crippen LogP contribution is -2.37. The van der Waals surface area contributed by atoms with Gasteiger partial charge in [-0.05, 0) is 12.1 Å². The second kappa shape index (κ2) is 4.91. The zero-order valence-electron chi connectivity index (χ0n) is 9.80. The molecule has 1 aromatic rings. The number of anilines is 1. The molecule has 4 nitrogen and oxygen atoms in total. The van der Waals surface area contributed by atoms with Crippen LogP contribution in [0.5, 0.6) is 0 Å². The predicted molar refractivity (Wildman–Crippen MR) is 65.0 cm³/mol. The van der Waals surface area contributed by atoms with Crippen molar-refractivity contribution in [1.29, 1.82) is 0 Å². The Balaban J connectivity index is 2.19. The van der Waals surface area contributed by atoms with Gasteiger partial charge in [0.05, 0.1) is 6.42 Å². The van der Waals surface area contributed by atoms with Gasteiger partial charge < -0.3 is 0 Å². The smallest absolute Gasteiger partial charge is 0.275 e. The van der Waals surface area contributed by atoms with Crippen molar-refractivity contribution in [3.63, 3.8) is 0 Å². The van der Waals surface area contributed by atoms with Gasteiger partial charge in [-0.3, -0.25) is 9.69 Å². The molecule has 0 unspecified atom stereocenters. The first-order valence-corrected chi connectivity index (χ1v) is 5.64. The van der Waals surface area contributed by atoms with E-state index < -0.39 is 0 Å². The fourth-order valence-corrected chi connectivity index (χ4v) is 1.85. The number of para-hydroxylation sites is 1. The highest BCUT2D eigenvalue weighted by molar-refractivity contribution is 5.91. The molecule has 1 aliphatic heterocycles. The summed E-state index contributed by atoms with van der Waals surface area (Å²) < 4.78 is 1.61. The molecular weight excluding hydrogens is 216 g/mol. The molecular formula is C13H15N2O2+. The van der Waals surface area contributed by atoms with Crippen LogP contribution in [0.3, 0.4) is 0 Å². The summed E-state index contributed by atoms with van der Waals surface area (Å²) in [7, 11) is 0. The molecule has 0 radical (unpaired) electrons. The van der Waals surface area contributed by atoms with Crippen LogP contribution < -0.4 is 4.90 Å². The number of amides is 2. The maximum Gasteiger partial charge on any atom is 0.388 e. The van der Waals surface area contributed by atoms with Gasteiger partial charge in [-0.25, -0.2) is 4.79 Å². The Morgan fingerprint density at radius 3 is 2.59 bits per heavy atom. The predicted octanol–water partition coefficient (Wildman–Crippen LogP) is 1.40. The number of hydrogen-bond acceptors (Lipinski definition) is 2. The molecule has 2 rings (SSSR count). The number of carbonyl (C=O) groups is 2. The minimum atomic E-state index is -0.0655. The van der Waals surface area contributed by atoms with Crippen LogP contribution in [0.15, 0.2) is 30.3 Å². The maximum atomic E-state index is 11.6. The third-order valence-electron chi connectivity index (χ3n) is 2.77. The summed E-state index contributed by atoms with van der Waals surface area (Å²) in [5, 5.41) is 0. The maximum absolute atomic E-state index is 11.6. The second-order valence-electron chi connectivity index (χ2n) is 4.01. The van der Waals surface area contributed by atoms with Crippen LogP contribution in [-0.4, -0.2) is 29.3 Å². The van der Waals surface area contributed by atoms with Crippen LogP contribution in [0.25, 0.3) is 0 Å². The van der Waals surface area contributed by atoms with E-state index in [1.165, 1.54) is 6.92 Å². The van der Waals surface area contributed by atoms with Gasteiger partial charge in [0.15, 0.2) is 6.21 Å². The van der Waals surface area contributed by atoms with Gasteiger partial charge in [0.25, 0.3) is 0 Å². The van der Waals surface area contributed by atoms with Crippen molar-refractivity contribution < 1.29 is 14.2 Å². The Labute approximate surface area is 100 Å². The molecule has 1 aromatic carbocycles. The number of rotatable bonds is 3. The van der Waals surface area contributed by atoms with Crippen molar-refractivity contribution in [3.05, 3.63) is 30.3 Å². The van der Waals surface area contributed by atoms with Crippen LogP contribution in [0.1, 0.15) is 19.8 Å². The SMILES string of the molecule is CC(=O)N(C[N+]1=CCCC1=O)c1ccccc1. The Hall–Kier alpha value is -1.97. The summed E-state index contributed by atoms with van der Waals surface area (Å²) >= 11 is 0. The van der Waals surface area contributed by atoms with Crippen molar-refractivity contribution in [2.75, 3.05) is 11.6 Å². The standard InChI is InChI=1S/C13H15N2O2/c1-11(16)15(12-6-3-2-4-7-12)10-14-9-5-8-13(14)17/h2-4,6-7,9H,5,8,10H2,1H3/q+1. The molecule has 0 saturated carbocycles. The fourth-order valence-electron chi connectivity index (χ4n) is 1.85. The van der Waals surface area contributed by atoms with E-state index in [1.807, 2.05) is 36.5 Å². The minimum Gasteiger partial charge on any atom is -0.275 e. The Morgan fingerprint density at radius 1 is 1.35 bits per heavy atom. The highest BCUT2D eigenvalue weighted by Crippen LogP contribution is 2.14. The van der Waals surface area contributed by atoms with Crippen molar-refractivity contribution in [2.45, 2.75) is 19.8 Å². The van der Waals surface area contributed by atoms with E-state index in [1.54, 1.807) is 9.48 Å². The lowest BCUT2D eigenvalue weighted by molar-refractivity contribution is -0.437. The Kier molecular flexibility index (Phi) is 3.32. The first-order valence-electron chi connectivity index (χ1n) is 5.64. The molecule has 0 bridgehead atoms. The zero-order chi connectivity index (χ0) is 12.3. The van der Waals surface area contributed by atoms with Gasteiger partial charge in [-0.15, -0.1) is 0 Å². The number of benzene rings is 1. The van der Waals surface area contributed by atoms with Gasteiger partial charge in [0.2, 0.25) is 12.6 Å². The number of carbonyl (C=O) groups excluding carboxylic acids is 2. The summed E-state index contributed by atoms with van der Waals surface area (Å²) in [5.74, 6) is 0.0106.